The van der Waals surface area contributed by atoms with Crippen LogP contribution >= 0.6 is 0 Å². The fraction of sp³-hybridized carbons (Fsp3) is 0.583. The maximum Gasteiger partial charge on any atom is 0.243 e. The zero-order valence-electron chi connectivity index (χ0n) is 11.2. The molecule has 1 aromatic heterocycles. The molecule has 1 aliphatic heterocycles. The Labute approximate surface area is 118 Å². The fourth-order valence-electron chi connectivity index (χ4n) is 2.53. The van der Waals surface area contributed by atoms with Crippen molar-refractivity contribution >= 4 is 15.8 Å². The third-order valence-electron chi connectivity index (χ3n) is 3.50. The number of sulfonamides is 1. The van der Waals surface area contributed by atoms with Gasteiger partial charge >= 0.3 is 0 Å². The summed E-state index contributed by atoms with van der Waals surface area (Å²) < 4.78 is 26.8. The van der Waals surface area contributed by atoms with Crippen LogP contribution in [0.5, 0.6) is 0 Å². The van der Waals surface area contributed by atoms with Gasteiger partial charge in [-0.05, 0) is 31.7 Å². The van der Waals surface area contributed by atoms with Crippen molar-refractivity contribution in [1.29, 1.82) is 0 Å². The van der Waals surface area contributed by atoms with E-state index < -0.39 is 10.0 Å². The smallest absolute Gasteiger partial charge is 0.243 e. The van der Waals surface area contributed by atoms with Crippen LogP contribution < -0.4 is 11.3 Å². The number of anilines is 1. The molecule has 1 aliphatic rings. The summed E-state index contributed by atoms with van der Waals surface area (Å²) in [6, 6.07) is 2.86. The Bertz CT molecular complexity index is 549. The summed E-state index contributed by atoms with van der Waals surface area (Å²) in [5, 5.41) is 8.90. The normalized spacial score (nSPS) is 20.2. The van der Waals surface area contributed by atoms with Crippen LogP contribution in [0.4, 0.5) is 5.82 Å². The number of nitrogen functional groups attached to an aromatic ring is 1. The maximum absolute atomic E-state index is 12.6. The number of aliphatic hydroxyl groups excluding tert-OH is 1. The number of rotatable bonds is 6. The molecule has 7 nitrogen and oxygen atoms in total. The summed E-state index contributed by atoms with van der Waals surface area (Å²) in [5.74, 6) is 5.58. The Morgan fingerprint density at radius 3 is 3.05 bits per heavy atom. The molecule has 1 unspecified atom stereocenters. The van der Waals surface area contributed by atoms with Gasteiger partial charge in [0.15, 0.2) is 0 Å². The van der Waals surface area contributed by atoms with Gasteiger partial charge in [0.05, 0.1) is 4.90 Å². The molecule has 1 saturated heterocycles. The number of aliphatic hydroxyl groups is 1. The highest BCUT2D eigenvalue weighted by molar-refractivity contribution is 7.89. The molecule has 0 saturated carbocycles. The number of nitrogens with two attached hydrogens (primary N) is 1. The van der Waals surface area contributed by atoms with E-state index >= 15 is 0 Å². The molecule has 0 aliphatic carbocycles. The highest BCUT2D eigenvalue weighted by atomic mass is 32.2. The van der Waals surface area contributed by atoms with E-state index in [1.165, 1.54) is 22.6 Å². The van der Waals surface area contributed by atoms with Crippen molar-refractivity contribution < 1.29 is 13.5 Å². The first-order valence-electron chi connectivity index (χ1n) is 6.65. The Kier molecular flexibility index (Phi) is 4.92. The molecule has 4 N–H and O–H groups in total. The SMILES string of the molecule is NNc1cc(S(=O)(=O)N2CCCC2CCCO)ccn1. The molecule has 1 atom stereocenters. The van der Waals surface area contributed by atoms with E-state index in [0.29, 0.717) is 25.2 Å². The summed E-state index contributed by atoms with van der Waals surface area (Å²) >= 11 is 0. The third-order valence-corrected chi connectivity index (χ3v) is 5.45. The second-order valence-corrected chi connectivity index (χ2v) is 6.69. The first-order chi connectivity index (χ1) is 9.59. The predicted octanol–water partition coefficient (Wildman–Crippen LogP) is 0.293. The molecule has 0 bridgehead atoms. The largest absolute Gasteiger partial charge is 0.396 e. The minimum atomic E-state index is -3.53. The molecule has 0 amide bonds. The van der Waals surface area contributed by atoms with Crippen molar-refractivity contribution in [2.45, 2.75) is 36.6 Å². The van der Waals surface area contributed by atoms with E-state index in [1.807, 2.05) is 0 Å². The van der Waals surface area contributed by atoms with Crippen molar-refractivity contribution in [3.8, 4) is 0 Å². The zero-order valence-corrected chi connectivity index (χ0v) is 12.0. The van der Waals surface area contributed by atoms with Crippen molar-refractivity contribution in [3.63, 3.8) is 0 Å². The minimum Gasteiger partial charge on any atom is -0.396 e. The molecular formula is C12H20N4O3S. The van der Waals surface area contributed by atoms with Gasteiger partial charge in [-0.25, -0.2) is 19.2 Å². The van der Waals surface area contributed by atoms with Gasteiger partial charge < -0.3 is 10.5 Å². The quantitative estimate of drug-likeness (QED) is 0.515. The average molecular weight is 300 g/mol. The summed E-state index contributed by atoms with van der Waals surface area (Å²) in [7, 11) is -3.53. The monoisotopic (exact) mass is 300 g/mol. The van der Waals surface area contributed by atoms with Crippen LogP contribution in [0.1, 0.15) is 25.7 Å². The first-order valence-corrected chi connectivity index (χ1v) is 8.09. The zero-order chi connectivity index (χ0) is 14.6. The average Bonchev–Trinajstić information content (AvgIpc) is 2.94. The molecule has 0 spiro atoms. The third kappa shape index (κ3) is 3.09. The number of nitrogens with zero attached hydrogens (tertiary/aromatic N) is 2. The van der Waals surface area contributed by atoms with Gasteiger partial charge in [-0.15, -0.1) is 0 Å². The Balaban J connectivity index is 2.24. The van der Waals surface area contributed by atoms with Gasteiger partial charge in [0, 0.05) is 31.5 Å². The summed E-state index contributed by atoms with van der Waals surface area (Å²) in [5.41, 5.74) is 2.35. The lowest BCUT2D eigenvalue weighted by molar-refractivity contribution is 0.264. The number of hydrogen-bond donors (Lipinski definition) is 3. The van der Waals surface area contributed by atoms with Crippen LogP contribution in [0, 0.1) is 0 Å². The van der Waals surface area contributed by atoms with E-state index in [1.54, 1.807) is 0 Å². The van der Waals surface area contributed by atoms with Crippen LogP contribution in [0.15, 0.2) is 23.2 Å². The van der Waals surface area contributed by atoms with Crippen molar-refractivity contribution in [2.75, 3.05) is 18.6 Å². The predicted molar refractivity (Wildman–Crippen MR) is 75.3 cm³/mol. The highest BCUT2D eigenvalue weighted by Crippen LogP contribution is 2.28. The molecule has 0 radical (unpaired) electrons. The van der Waals surface area contributed by atoms with Gasteiger partial charge in [0.25, 0.3) is 0 Å². The summed E-state index contributed by atoms with van der Waals surface area (Å²) in [6.45, 7) is 0.604. The van der Waals surface area contributed by atoms with Crippen molar-refractivity contribution in [1.82, 2.24) is 9.29 Å². The molecule has 112 valence electrons. The van der Waals surface area contributed by atoms with E-state index in [-0.39, 0.29) is 17.5 Å². The van der Waals surface area contributed by atoms with Crippen LogP contribution in [-0.2, 0) is 10.0 Å². The second kappa shape index (κ2) is 6.49. The Morgan fingerprint density at radius 1 is 1.55 bits per heavy atom. The molecular weight excluding hydrogens is 280 g/mol. The lowest BCUT2D eigenvalue weighted by atomic mass is 10.1. The van der Waals surface area contributed by atoms with E-state index in [2.05, 4.69) is 10.4 Å². The van der Waals surface area contributed by atoms with Crippen LogP contribution in [-0.4, -0.2) is 42.0 Å². The molecule has 20 heavy (non-hydrogen) atoms. The van der Waals surface area contributed by atoms with Crippen LogP contribution in [0.2, 0.25) is 0 Å². The first kappa shape index (κ1) is 15.2. The van der Waals surface area contributed by atoms with Crippen molar-refractivity contribution in [2.24, 2.45) is 5.84 Å². The van der Waals surface area contributed by atoms with Crippen LogP contribution in [0.3, 0.4) is 0 Å². The second-order valence-electron chi connectivity index (χ2n) is 4.80. The lowest BCUT2D eigenvalue weighted by Gasteiger charge is -2.24. The number of hydrogen-bond acceptors (Lipinski definition) is 6. The van der Waals surface area contributed by atoms with Crippen molar-refractivity contribution in [3.05, 3.63) is 18.3 Å². The lowest BCUT2D eigenvalue weighted by Crippen LogP contribution is -2.35. The van der Waals surface area contributed by atoms with Gasteiger partial charge in [-0.3, -0.25) is 0 Å². The Morgan fingerprint density at radius 2 is 2.35 bits per heavy atom. The molecule has 2 heterocycles. The minimum absolute atomic E-state index is 0.0328. The van der Waals surface area contributed by atoms with E-state index in [0.717, 1.165) is 12.8 Å². The highest BCUT2D eigenvalue weighted by Gasteiger charge is 2.34. The van der Waals surface area contributed by atoms with Gasteiger partial charge in [-0.2, -0.15) is 4.31 Å². The number of hydrazine groups is 1. The van der Waals surface area contributed by atoms with Gasteiger partial charge in [0.2, 0.25) is 10.0 Å². The standard InChI is InChI=1S/C12H20N4O3S/c13-15-12-9-11(5-6-14-12)20(18,19)16-7-1-3-10(16)4-2-8-17/h5-6,9-10,17H,1-4,7-8,13H2,(H,14,15). The maximum atomic E-state index is 12.6. The van der Waals surface area contributed by atoms with E-state index in [9.17, 15) is 8.42 Å². The van der Waals surface area contributed by atoms with Crippen LogP contribution in [0.25, 0.3) is 0 Å². The molecule has 8 heteroatoms. The number of pyridine rings is 1. The molecule has 2 rings (SSSR count). The molecule has 1 aromatic rings. The fourth-order valence-corrected chi connectivity index (χ4v) is 4.26. The van der Waals surface area contributed by atoms with E-state index in [4.69, 9.17) is 10.9 Å². The topological polar surface area (TPSA) is 109 Å². The molecule has 0 aromatic carbocycles. The Hall–Kier alpha value is -1.22. The summed E-state index contributed by atoms with van der Waals surface area (Å²) in [4.78, 5) is 4.11. The number of nitrogens with one attached hydrogen (secondary N) is 1. The molecule has 1 fully saturated rings. The summed E-state index contributed by atoms with van der Waals surface area (Å²) in [6.07, 6.45) is 4.40. The van der Waals surface area contributed by atoms with Gasteiger partial charge in [0.1, 0.15) is 5.82 Å². The van der Waals surface area contributed by atoms with Gasteiger partial charge in [-0.1, -0.05) is 0 Å². The number of aromatic nitrogens is 1.